The molecule has 0 spiro atoms. The molecule has 0 N–H and O–H groups in total. The number of carbonyl (C=O) groups is 1. The third kappa shape index (κ3) is 3.22. The predicted octanol–water partition coefficient (Wildman–Crippen LogP) is 2.30. The second-order valence-electron chi connectivity index (χ2n) is 4.78. The van der Waals surface area contributed by atoms with E-state index in [9.17, 15) is 9.18 Å². The third-order valence-corrected chi connectivity index (χ3v) is 3.54. The van der Waals surface area contributed by atoms with Crippen LogP contribution in [-0.2, 0) is 4.74 Å². The molecule has 20 heavy (non-hydrogen) atoms. The van der Waals surface area contributed by atoms with Gasteiger partial charge in [0.2, 0.25) is 0 Å². The molecule has 1 amide bonds. The largest absolute Gasteiger partial charge is 0.497 e. The van der Waals surface area contributed by atoms with Gasteiger partial charge in [0.1, 0.15) is 11.6 Å². The van der Waals surface area contributed by atoms with Gasteiger partial charge in [-0.15, -0.1) is 11.6 Å². The fourth-order valence-corrected chi connectivity index (χ4v) is 2.43. The SMILES string of the molecule is COc1ccc(C(=O)N2CC(C)OC(CCl)C2)c(F)c1. The molecule has 0 aromatic heterocycles. The van der Waals surface area contributed by atoms with Gasteiger partial charge in [0.15, 0.2) is 0 Å². The minimum absolute atomic E-state index is 0.0354. The average Bonchev–Trinajstić information content (AvgIpc) is 2.45. The van der Waals surface area contributed by atoms with Crippen molar-refractivity contribution in [2.45, 2.75) is 19.1 Å². The molecule has 0 bridgehead atoms. The van der Waals surface area contributed by atoms with Gasteiger partial charge in [-0.1, -0.05) is 0 Å². The molecule has 1 saturated heterocycles. The molecule has 1 aromatic carbocycles. The minimum atomic E-state index is -0.587. The summed E-state index contributed by atoms with van der Waals surface area (Å²) in [5.74, 6) is -0.251. The Bertz CT molecular complexity index is 497. The molecule has 110 valence electrons. The summed E-state index contributed by atoms with van der Waals surface area (Å²) in [4.78, 5) is 13.9. The van der Waals surface area contributed by atoms with Gasteiger partial charge in [0.05, 0.1) is 30.8 Å². The highest BCUT2D eigenvalue weighted by Gasteiger charge is 2.29. The zero-order chi connectivity index (χ0) is 14.7. The second kappa shape index (κ2) is 6.41. The highest BCUT2D eigenvalue weighted by Crippen LogP contribution is 2.20. The Morgan fingerprint density at radius 2 is 2.30 bits per heavy atom. The van der Waals surface area contributed by atoms with Gasteiger partial charge in [-0.2, -0.15) is 0 Å². The maximum atomic E-state index is 13.9. The minimum Gasteiger partial charge on any atom is -0.497 e. The van der Waals surface area contributed by atoms with E-state index in [2.05, 4.69) is 0 Å². The lowest BCUT2D eigenvalue weighted by Gasteiger charge is -2.36. The molecule has 4 nitrogen and oxygen atoms in total. The summed E-state index contributed by atoms with van der Waals surface area (Å²) < 4.78 is 24.4. The topological polar surface area (TPSA) is 38.8 Å². The molecular formula is C14H17ClFNO3. The fourth-order valence-electron chi connectivity index (χ4n) is 2.26. The number of alkyl halides is 1. The molecule has 1 fully saturated rings. The quantitative estimate of drug-likeness (QED) is 0.804. The van der Waals surface area contributed by atoms with E-state index >= 15 is 0 Å². The molecule has 1 heterocycles. The normalized spacial score (nSPS) is 22.7. The lowest BCUT2D eigenvalue weighted by molar-refractivity contribution is -0.0571. The number of hydrogen-bond acceptors (Lipinski definition) is 3. The van der Waals surface area contributed by atoms with E-state index in [1.807, 2.05) is 6.92 Å². The zero-order valence-electron chi connectivity index (χ0n) is 11.4. The first-order valence-electron chi connectivity index (χ1n) is 6.39. The third-order valence-electron chi connectivity index (χ3n) is 3.19. The number of benzene rings is 1. The van der Waals surface area contributed by atoms with E-state index in [1.165, 1.54) is 19.2 Å². The van der Waals surface area contributed by atoms with E-state index in [0.717, 1.165) is 0 Å². The Kier molecular flexibility index (Phi) is 4.83. The van der Waals surface area contributed by atoms with Crippen LogP contribution in [0.2, 0.25) is 0 Å². The molecule has 1 aliphatic heterocycles. The summed E-state index contributed by atoms with van der Waals surface area (Å²) >= 11 is 5.78. The molecular weight excluding hydrogens is 285 g/mol. The van der Waals surface area contributed by atoms with E-state index in [0.29, 0.717) is 24.7 Å². The Labute approximate surface area is 122 Å². The Hall–Kier alpha value is -1.33. The van der Waals surface area contributed by atoms with E-state index < -0.39 is 5.82 Å². The molecule has 1 aliphatic rings. The summed E-state index contributed by atoms with van der Waals surface area (Å²) in [5.41, 5.74) is 0.0354. The van der Waals surface area contributed by atoms with Gasteiger partial charge in [0, 0.05) is 19.2 Å². The van der Waals surface area contributed by atoms with Gasteiger partial charge in [0.25, 0.3) is 5.91 Å². The lowest BCUT2D eigenvalue weighted by Crippen LogP contribution is -2.49. The highest BCUT2D eigenvalue weighted by molar-refractivity contribution is 6.18. The van der Waals surface area contributed by atoms with Crippen LogP contribution in [0.1, 0.15) is 17.3 Å². The summed E-state index contributed by atoms with van der Waals surface area (Å²) in [6.07, 6.45) is -0.330. The molecule has 6 heteroatoms. The molecule has 0 aliphatic carbocycles. The van der Waals surface area contributed by atoms with Crippen molar-refractivity contribution in [1.82, 2.24) is 4.90 Å². The number of amides is 1. The van der Waals surface area contributed by atoms with Crippen molar-refractivity contribution in [2.75, 3.05) is 26.1 Å². The number of morpholine rings is 1. The lowest BCUT2D eigenvalue weighted by atomic mass is 10.1. The monoisotopic (exact) mass is 301 g/mol. The van der Waals surface area contributed by atoms with Gasteiger partial charge in [-0.3, -0.25) is 4.79 Å². The van der Waals surface area contributed by atoms with Gasteiger partial charge in [-0.25, -0.2) is 4.39 Å². The number of hydrogen-bond donors (Lipinski definition) is 0. The van der Waals surface area contributed by atoms with Crippen LogP contribution in [0.5, 0.6) is 5.75 Å². The van der Waals surface area contributed by atoms with Crippen LogP contribution in [0.15, 0.2) is 18.2 Å². The van der Waals surface area contributed by atoms with Crippen molar-refractivity contribution in [3.63, 3.8) is 0 Å². The maximum Gasteiger partial charge on any atom is 0.257 e. The first-order chi connectivity index (χ1) is 9.55. The van der Waals surface area contributed by atoms with Crippen molar-refractivity contribution >= 4 is 17.5 Å². The average molecular weight is 302 g/mol. The Morgan fingerprint density at radius 3 is 2.90 bits per heavy atom. The van der Waals surface area contributed by atoms with Gasteiger partial charge in [-0.05, 0) is 19.1 Å². The first kappa shape index (κ1) is 15.1. The van der Waals surface area contributed by atoms with Gasteiger partial charge >= 0.3 is 0 Å². The smallest absolute Gasteiger partial charge is 0.257 e. The van der Waals surface area contributed by atoms with Crippen LogP contribution >= 0.6 is 11.6 Å². The predicted molar refractivity (Wildman–Crippen MR) is 73.9 cm³/mol. The van der Waals surface area contributed by atoms with Crippen molar-refractivity contribution < 1.29 is 18.7 Å². The Morgan fingerprint density at radius 1 is 1.55 bits per heavy atom. The van der Waals surface area contributed by atoms with Crippen molar-refractivity contribution in [3.8, 4) is 5.75 Å². The number of rotatable bonds is 3. The van der Waals surface area contributed by atoms with Crippen LogP contribution in [0.25, 0.3) is 0 Å². The molecule has 0 saturated carbocycles. The van der Waals surface area contributed by atoms with Crippen molar-refractivity contribution in [2.24, 2.45) is 0 Å². The number of nitrogens with zero attached hydrogens (tertiary/aromatic N) is 1. The summed E-state index contributed by atoms with van der Waals surface area (Å²) in [6.45, 7) is 2.67. The fraction of sp³-hybridized carbons (Fsp3) is 0.500. The van der Waals surface area contributed by atoms with E-state index in [4.69, 9.17) is 21.1 Å². The summed E-state index contributed by atoms with van der Waals surface area (Å²) in [7, 11) is 1.45. The van der Waals surface area contributed by atoms with E-state index in [-0.39, 0.29) is 23.7 Å². The number of methoxy groups -OCH3 is 1. The maximum absolute atomic E-state index is 13.9. The molecule has 2 rings (SSSR count). The molecule has 0 radical (unpaired) electrons. The molecule has 2 atom stereocenters. The second-order valence-corrected chi connectivity index (χ2v) is 5.09. The van der Waals surface area contributed by atoms with Crippen LogP contribution in [0, 0.1) is 5.82 Å². The van der Waals surface area contributed by atoms with Gasteiger partial charge < -0.3 is 14.4 Å². The van der Waals surface area contributed by atoms with Crippen molar-refractivity contribution in [1.29, 1.82) is 0 Å². The number of ether oxygens (including phenoxy) is 2. The molecule has 1 aromatic rings. The van der Waals surface area contributed by atoms with E-state index in [1.54, 1.807) is 11.0 Å². The zero-order valence-corrected chi connectivity index (χ0v) is 12.2. The number of halogens is 2. The summed E-state index contributed by atoms with van der Waals surface area (Å²) in [5, 5.41) is 0. The van der Waals surface area contributed by atoms with Crippen molar-refractivity contribution in [3.05, 3.63) is 29.6 Å². The standard InChI is InChI=1S/C14H17ClFNO3/c1-9-7-17(8-11(6-15)20-9)14(18)12-4-3-10(19-2)5-13(12)16/h3-5,9,11H,6-8H2,1-2H3. The van der Waals surface area contributed by atoms with Crippen LogP contribution in [-0.4, -0.2) is 49.1 Å². The molecule has 2 unspecified atom stereocenters. The highest BCUT2D eigenvalue weighted by atomic mass is 35.5. The first-order valence-corrected chi connectivity index (χ1v) is 6.92. The van der Waals surface area contributed by atoms with Crippen LogP contribution in [0.3, 0.4) is 0 Å². The van der Waals surface area contributed by atoms with Crippen LogP contribution < -0.4 is 4.74 Å². The van der Waals surface area contributed by atoms with Crippen LogP contribution in [0.4, 0.5) is 4.39 Å². The Balaban J connectivity index is 2.18. The number of carbonyl (C=O) groups excluding carboxylic acids is 1. The summed E-state index contributed by atoms with van der Waals surface area (Å²) in [6, 6.07) is 4.21.